The summed E-state index contributed by atoms with van der Waals surface area (Å²) >= 11 is 0. The Morgan fingerprint density at radius 3 is 2.46 bits per heavy atom. The summed E-state index contributed by atoms with van der Waals surface area (Å²) in [4.78, 5) is 22.3. The Balaban J connectivity index is 2.15. The fraction of sp³-hybridized carbons (Fsp3) is 0.0500. The second kappa shape index (κ2) is 7.97. The molecule has 1 aromatic heterocycles. The van der Waals surface area contributed by atoms with Crippen LogP contribution in [0.1, 0.15) is 5.56 Å². The molecule has 1 heterocycles. The number of aromatic nitrogens is 2. The Morgan fingerprint density at radius 2 is 1.89 bits per heavy atom. The number of hydrogen-bond acceptors (Lipinski definition) is 5. The molecule has 0 spiro atoms. The smallest absolute Gasteiger partial charge is 0.269 e. The van der Waals surface area contributed by atoms with E-state index >= 15 is 0 Å². The fourth-order valence-corrected chi connectivity index (χ4v) is 2.61. The molecule has 0 radical (unpaired) electrons. The van der Waals surface area contributed by atoms with Gasteiger partial charge in [0, 0.05) is 36.5 Å². The number of nitro groups is 1. The molecule has 0 aliphatic heterocycles. The molecule has 0 bridgehead atoms. The van der Waals surface area contributed by atoms with Gasteiger partial charge < -0.3 is 5.32 Å². The molecule has 0 saturated heterocycles. The number of amides is 1. The maximum atomic E-state index is 11.9. The molecule has 1 amide bonds. The zero-order chi connectivity index (χ0) is 20.1. The molecule has 0 fully saturated rings. The first-order chi connectivity index (χ1) is 13.5. The van der Waals surface area contributed by atoms with Crippen molar-refractivity contribution in [1.82, 2.24) is 15.1 Å². The number of nitrogens with zero attached hydrogens (tertiary/aromatic N) is 4. The van der Waals surface area contributed by atoms with Gasteiger partial charge in [-0.25, -0.2) is 4.68 Å². The Morgan fingerprint density at radius 1 is 1.21 bits per heavy atom. The average molecular weight is 373 g/mol. The molecule has 8 nitrogen and oxygen atoms in total. The largest absolute Gasteiger partial charge is 0.354 e. The van der Waals surface area contributed by atoms with E-state index in [1.807, 2.05) is 36.4 Å². The van der Waals surface area contributed by atoms with Crippen molar-refractivity contribution in [1.29, 1.82) is 5.26 Å². The van der Waals surface area contributed by atoms with E-state index in [0.29, 0.717) is 16.8 Å². The van der Waals surface area contributed by atoms with Gasteiger partial charge in [-0.15, -0.1) is 0 Å². The van der Waals surface area contributed by atoms with E-state index in [1.54, 1.807) is 23.0 Å². The van der Waals surface area contributed by atoms with Crippen molar-refractivity contribution in [2.75, 3.05) is 7.05 Å². The summed E-state index contributed by atoms with van der Waals surface area (Å²) in [5.74, 6) is -0.510. The molecule has 0 aliphatic rings. The molecular formula is C20H15N5O3. The van der Waals surface area contributed by atoms with Crippen LogP contribution >= 0.6 is 0 Å². The number of nitriles is 1. The van der Waals surface area contributed by atoms with Crippen LogP contribution in [0.5, 0.6) is 0 Å². The number of nitro benzene ring substituents is 1. The topological polar surface area (TPSA) is 114 Å². The summed E-state index contributed by atoms with van der Waals surface area (Å²) < 4.78 is 1.63. The Hall–Kier alpha value is -4.25. The molecule has 2 aromatic carbocycles. The van der Waals surface area contributed by atoms with Gasteiger partial charge in [-0.05, 0) is 30.3 Å². The van der Waals surface area contributed by atoms with Crippen LogP contribution < -0.4 is 5.32 Å². The first kappa shape index (κ1) is 18.5. The lowest BCUT2D eigenvalue weighted by molar-refractivity contribution is -0.384. The summed E-state index contributed by atoms with van der Waals surface area (Å²) in [6.07, 6.45) is 3.15. The third-order valence-electron chi connectivity index (χ3n) is 4.01. The van der Waals surface area contributed by atoms with Crippen LogP contribution in [0.4, 0.5) is 5.69 Å². The molecule has 28 heavy (non-hydrogen) atoms. The van der Waals surface area contributed by atoms with Crippen LogP contribution in [-0.2, 0) is 4.79 Å². The van der Waals surface area contributed by atoms with Crippen LogP contribution in [0.2, 0.25) is 0 Å². The standard InChI is InChI=1S/C20H15N5O3/c1-22-20(26)15(12-21)11-16-13-24(17-5-3-2-4-6-17)23-19(16)14-7-9-18(10-8-14)25(27)28/h2-11,13H,1H3,(H,22,26). The van der Waals surface area contributed by atoms with Crippen molar-refractivity contribution < 1.29 is 9.72 Å². The lowest BCUT2D eigenvalue weighted by Gasteiger charge is -2.01. The van der Waals surface area contributed by atoms with Gasteiger partial charge in [-0.2, -0.15) is 10.4 Å². The highest BCUT2D eigenvalue weighted by molar-refractivity contribution is 6.02. The maximum absolute atomic E-state index is 11.9. The van der Waals surface area contributed by atoms with Crippen LogP contribution in [-0.4, -0.2) is 27.7 Å². The van der Waals surface area contributed by atoms with E-state index in [0.717, 1.165) is 5.69 Å². The summed E-state index contributed by atoms with van der Waals surface area (Å²) in [5.41, 5.74) is 2.35. The molecule has 3 rings (SSSR count). The third kappa shape index (κ3) is 3.78. The first-order valence-electron chi connectivity index (χ1n) is 8.27. The zero-order valence-electron chi connectivity index (χ0n) is 14.9. The molecule has 0 aliphatic carbocycles. The van der Waals surface area contributed by atoms with Crippen LogP contribution in [0.3, 0.4) is 0 Å². The Bertz CT molecular complexity index is 1090. The number of carbonyl (C=O) groups is 1. The molecule has 1 N–H and O–H groups in total. The number of non-ortho nitro benzene ring substituents is 1. The van der Waals surface area contributed by atoms with Gasteiger partial charge in [-0.3, -0.25) is 14.9 Å². The minimum atomic E-state index is -0.510. The van der Waals surface area contributed by atoms with Crippen molar-refractivity contribution in [2.45, 2.75) is 0 Å². The Kier molecular flexibility index (Phi) is 5.28. The highest BCUT2D eigenvalue weighted by atomic mass is 16.6. The second-order valence-corrected chi connectivity index (χ2v) is 5.77. The van der Waals surface area contributed by atoms with Crippen LogP contribution in [0.25, 0.3) is 23.0 Å². The number of rotatable bonds is 5. The lowest BCUT2D eigenvalue weighted by atomic mass is 10.1. The van der Waals surface area contributed by atoms with Gasteiger partial charge >= 0.3 is 0 Å². The van der Waals surface area contributed by atoms with Gasteiger partial charge in [0.05, 0.1) is 10.6 Å². The van der Waals surface area contributed by atoms with E-state index in [2.05, 4.69) is 10.4 Å². The second-order valence-electron chi connectivity index (χ2n) is 5.77. The fourth-order valence-electron chi connectivity index (χ4n) is 2.61. The minimum Gasteiger partial charge on any atom is -0.354 e. The molecular weight excluding hydrogens is 358 g/mol. The molecule has 0 atom stereocenters. The number of carbonyl (C=O) groups excluding carboxylic acids is 1. The maximum Gasteiger partial charge on any atom is 0.269 e. The monoisotopic (exact) mass is 373 g/mol. The normalized spacial score (nSPS) is 10.9. The van der Waals surface area contributed by atoms with E-state index < -0.39 is 10.8 Å². The van der Waals surface area contributed by atoms with E-state index in [1.165, 1.54) is 25.3 Å². The SMILES string of the molecule is CNC(=O)C(C#N)=Cc1cn(-c2ccccc2)nc1-c1ccc([N+](=O)[O-])cc1. The van der Waals surface area contributed by atoms with Gasteiger partial charge in [-0.1, -0.05) is 18.2 Å². The quantitative estimate of drug-likeness (QED) is 0.319. The molecule has 3 aromatic rings. The predicted octanol–water partition coefficient (Wildman–Crippen LogP) is 3.10. The minimum absolute atomic E-state index is 0.0357. The van der Waals surface area contributed by atoms with Gasteiger partial charge in [0.1, 0.15) is 17.3 Å². The highest BCUT2D eigenvalue weighted by Gasteiger charge is 2.15. The van der Waals surface area contributed by atoms with Crippen LogP contribution in [0, 0.1) is 21.4 Å². The van der Waals surface area contributed by atoms with Gasteiger partial charge in [0.25, 0.3) is 11.6 Å². The number of nitrogens with one attached hydrogen (secondary N) is 1. The molecule has 0 unspecified atom stereocenters. The number of para-hydroxylation sites is 1. The summed E-state index contributed by atoms with van der Waals surface area (Å²) in [7, 11) is 1.44. The highest BCUT2D eigenvalue weighted by Crippen LogP contribution is 2.27. The van der Waals surface area contributed by atoms with Crippen molar-refractivity contribution in [3.8, 4) is 23.0 Å². The van der Waals surface area contributed by atoms with Gasteiger partial charge in [0.15, 0.2) is 0 Å². The average Bonchev–Trinajstić information content (AvgIpc) is 3.16. The third-order valence-corrected chi connectivity index (χ3v) is 4.01. The summed E-state index contributed by atoms with van der Waals surface area (Å²) in [6, 6.07) is 17.1. The van der Waals surface area contributed by atoms with E-state index in [9.17, 15) is 20.2 Å². The summed E-state index contributed by atoms with van der Waals surface area (Å²) in [6.45, 7) is 0. The van der Waals surface area contributed by atoms with E-state index in [4.69, 9.17) is 0 Å². The first-order valence-corrected chi connectivity index (χ1v) is 8.27. The number of hydrogen-bond donors (Lipinski definition) is 1. The van der Waals surface area contributed by atoms with Gasteiger partial charge in [0.2, 0.25) is 0 Å². The molecule has 138 valence electrons. The van der Waals surface area contributed by atoms with Crippen LogP contribution in [0.15, 0.2) is 66.4 Å². The summed E-state index contributed by atoms with van der Waals surface area (Å²) in [5, 5.41) is 27.2. The van der Waals surface area contributed by atoms with Crippen molar-refractivity contribution in [2.24, 2.45) is 0 Å². The molecule has 0 saturated carbocycles. The van der Waals surface area contributed by atoms with Crippen molar-refractivity contribution in [3.05, 3.63) is 82.0 Å². The molecule has 8 heteroatoms. The number of likely N-dealkylation sites (N-methyl/N-ethyl adjacent to an activating group) is 1. The predicted molar refractivity (Wildman–Crippen MR) is 103 cm³/mol. The number of benzene rings is 2. The van der Waals surface area contributed by atoms with Crippen molar-refractivity contribution >= 4 is 17.7 Å². The zero-order valence-corrected chi connectivity index (χ0v) is 14.9. The Labute approximate surface area is 160 Å². The van der Waals surface area contributed by atoms with Crippen molar-refractivity contribution in [3.63, 3.8) is 0 Å². The lowest BCUT2D eigenvalue weighted by Crippen LogP contribution is -2.19. The van der Waals surface area contributed by atoms with E-state index in [-0.39, 0.29) is 11.3 Å².